The number of methoxy groups -OCH3 is 1. The van der Waals surface area contributed by atoms with Crippen LogP contribution in [0, 0.1) is 11.3 Å². The second-order valence-electron chi connectivity index (χ2n) is 8.03. The van der Waals surface area contributed by atoms with Crippen LogP contribution in [0.15, 0.2) is 41.4 Å². The van der Waals surface area contributed by atoms with E-state index in [0.29, 0.717) is 22.7 Å². The number of alkyl halides is 2. The van der Waals surface area contributed by atoms with Gasteiger partial charge < -0.3 is 9.30 Å². The number of fused-ring (bicyclic) bond motifs is 1. The molecule has 0 bridgehead atoms. The molecule has 0 radical (unpaired) electrons. The molecule has 1 saturated carbocycles. The molecule has 0 spiro atoms. The number of aromatic nitrogens is 2. The molecule has 0 aliphatic heterocycles. The van der Waals surface area contributed by atoms with Crippen molar-refractivity contribution in [2.24, 2.45) is 0 Å². The number of rotatable bonds is 8. The fourth-order valence-electron chi connectivity index (χ4n) is 4.40. The predicted molar refractivity (Wildman–Crippen MR) is 120 cm³/mol. The van der Waals surface area contributed by atoms with E-state index in [9.17, 15) is 22.5 Å². The van der Waals surface area contributed by atoms with Gasteiger partial charge in [-0.1, -0.05) is 12.8 Å². The number of ether oxygens (including phenoxy) is 1. The lowest BCUT2D eigenvalue weighted by molar-refractivity contribution is 0.334. The summed E-state index contributed by atoms with van der Waals surface area (Å²) in [7, 11) is -2.55. The minimum absolute atomic E-state index is 0.179. The summed E-state index contributed by atoms with van der Waals surface area (Å²) in [6.45, 7) is -2.31. The van der Waals surface area contributed by atoms with Gasteiger partial charge in [-0.05, 0) is 37.1 Å². The zero-order chi connectivity index (χ0) is 23.6. The molecule has 0 atom stereocenters. The highest BCUT2D eigenvalue weighted by atomic mass is 32.2. The molecule has 4 rings (SSSR count). The molecular weight excluding hydrogens is 450 g/mol. The lowest BCUT2D eigenvalue weighted by Gasteiger charge is -2.18. The number of halogens is 2. The van der Waals surface area contributed by atoms with E-state index in [1.807, 2.05) is 16.9 Å². The molecule has 2 heterocycles. The molecule has 174 valence electrons. The third kappa shape index (κ3) is 4.30. The summed E-state index contributed by atoms with van der Waals surface area (Å²) in [6, 6.07) is 9.42. The van der Waals surface area contributed by atoms with Crippen molar-refractivity contribution in [3.8, 4) is 23.2 Å². The summed E-state index contributed by atoms with van der Waals surface area (Å²) >= 11 is 0. The van der Waals surface area contributed by atoms with Crippen molar-refractivity contribution in [2.45, 2.75) is 42.7 Å². The first-order chi connectivity index (χ1) is 15.9. The maximum absolute atomic E-state index is 12.8. The molecule has 1 aliphatic rings. The Kier molecular flexibility index (Phi) is 6.63. The third-order valence-corrected chi connectivity index (χ3v) is 7.50. The number of benzene rings is 1. The van der Waals surface area contributed by atoms with Gasteiger partial charge in [-0.2, -0.15) is 5.26 Å². The van der Waals surface area contributed by atoms with E-state index in [2.05, 4.69) is 15.6 Å². The highest BCUT2D eigenvalue weighted by molar-refractivity contribution is 7.89. The van der Waals surface area contributed by atoms with Gasteiger partial charge in [-0.3, -0.25) is 4.98 Å². The first-order valence-electron chi connectivity index (χ1n) is 10.7. The van der Waals surface area contributed by atoms with Gasteiger partial charge in [0, 0.05) is 23.7 Å². The molecule has 0 amide bonds. The van der Waals surface area contributed by atoms with Crippen molar-refractivity contribution in [1.29, 1.82) is 5.26 Å². The minimum Gasteiger partial charge on any atom is -0.497 e. The molecule has 1 aliphatic carbocycles. The Morgan fingerprint density at radius 2 is 1.97 bits per heavy atom. The van der Waals surface area contributed by atoms with Crippen LogP contribution in [0.25, 0.3) is 22.3 Å². The van der Waals surface area contributed by atoms with Crippen LogP contribution in [0.3, 0.4) is 0 Å². The van der Waals surface area contributed by atoms with Crippen LogP contribution in [0.2, 0.25) is 0 Å². The second kappa shape index (κ2) is 9.45. The van der Waals surface area contributed by atoms with Crippen molar-refractivity contribution in [3.63, 3.8) is 0 Å². The molecule has 2 aromatic heterocycles. The Balaban J connectivity index is 1.84. The van der Waals surface area contributed by atoms with Gasteiger partial charge in [-0.15, -0.1) is 0 Å². The molecule has 0 saturated heterocycles. The normalized spacial score (nSPS) is 14.8. The smallest absolute Gasteiger partial charge is 0.242 e. The number of nitrogens with zero attached hydrogens (tertiary/aromatic N) is 3. The average molecular weight is 475 g/mol. The highest BCUT2D eigenvalue weighted by Crippen LogP contribution is 2.41. The van der Waals surface area contributed by atoms with Crippen LogP contribution in [0.5, 0.6) is 5.75 Å². The number of sulfonamides is 1. The van der Waals surface area contributed by atoms with Crippen LogP contribution in [0.4, 0.5) is 8.78 Å². The molecule has 10 heteroatoms. The van der Waals surface area contributed by atoms with Crippen LogP contribution >= 0.6 is 0 Å². The summed E-state index contributed by atoms with van der Waals surface area (Å²) in [5, 5.41) is 10.8. The predicted octanol–water partition coefficient (Wildman–Crippen LogP) is 4.28. The Bertz CT molecular complexity index is 1290. The summed E-state index contributed by atoms with van der Waals surface area (Å²) < 4.78 is 60.0. The molecule has 3 aromatic rings. The summed E-state index contributed by atoms with van der Waals surface area (Å²) in [5.41, 5.74) is 2.38. The lowest BCUT2D eigenvalue weighted by Crippen LogP contribution is -2.37. The molecule has 1 fully saturated rings. The van der Waals surface area contributed by atoms with Crippen molar-refractivity contribution >= 4 is 20.9 Å². The zero-order valence-electron chi connectivity index (χ0n) is 18.1. The fourth-order valence-corrected chi connectivity index (χ4v) is 5.53. The van der Waals surface area contributed by atoms with Gasteiger partial charge in [0.25, 0.3) is 0 Å². The molecule has 33 heavy (non-hydrogen) atoms. The van der Waals surface area contributed by atoms with E-state index < -0.39 is 29.4 Å². The van der Waals surface area contributed by atoms with Gasteiger partial charge in [-0.25, -0.2) is 21.9 Å². The summed E-state index contributed by atoms with van der Waals surface area (Å²) in [6.07, 6.45) is 5.22. The van der Waals surface area contributed by atoms with Gasteiger partial charge >= 0.3 is 0 Å². The number of nitrogens with one attached hydrogen (secondary N) is 1. The van der Waals surface area contributed by atoms with E-state index in [1.54, 1.807) is 13.2 Å². The molecule has 1 aromatic carbocycles. The largest absolute Gasteiger partial charge is 0.497 e. The fraction of sp³-hybridized carbons (Fsp3) is 0.391. The van der Waals surface area contributed by atoms with Crippen LogP contribution in [0.1, 0.15) is 37.3 Å². The number of nitriles is 1. The Morgan fingerprint density at radius 3 is 2.55 bits per heavy atom. The van der Waals surface area contributed by atoms with Crippen LogP contribution < -0.4 is 9.46 Å². The van der Waals surface area contributed by atoms with Gasteiger partial charge in [0.1, 0.15) is 30.1 Å². The standard InChI is InChI=1S/C23H24F2N4O3S/c1-32-17-6-8-19-20(13-26)23(29(22(19)10-17)16-4-2-3-5-16)21-9-7-18(14-27-21)33(30,31)28-15(11-24)12-25/h6-10,14-16,28H,2-5,11-12H2,1H3. The van der Waals surface area contributed by atoms with E-state index in [0.717, 1.165) is 42.8 Å². The molecular formula is C23H24F2N4O3S. The van der Waals surface area contributed by atoms with E-state index >= 15 is 0 Å². The number of hydrogen-bond donors (Lipinski definition) is 1. The van der Waals surface area contributed by atoms with Gasteiger partial charge in [0.05, 0.1) is 35.6 Å². The Morgan fingerprint density at radius 1 is 1.24 bits per heavy atom. The molecule has 1 N–H and O–H groups in total. The van der Waals surface area contributed by atoms with Gasteiger partial charge in [0.15, 0.2) is 0 Å². The topological polar surface area (TPSA) is 97.0 Å². The van der Waals surface area contributed by atoms with Crippen LogP contribution in [-0.2, 0) is 10.0 Å². The van der Waals surface area contributed by atoms with Crippen molar-refractivity contribution in [2.75, 3.05) is 20.5 Å². The third-order valence-electron chi connectivity index (χ3n) is 6.00. The molecule has 7 nitrogen and oxygen atoms in total. The maximum Gasteiger partial charge on any atom is 0.242 e. The minimum atomic E-state index is -4.14. The van der Waals surface area contributed by atoms with Crippen molar-refractivity contribution < 1.29 is 21.9 Å². The second-order valence-corrected chi connectivity index (χ2v) is 9.75. The molecule has 0 unspecified atom stereocenters. The average Bonchev–Trinajstić information content (AvgIpc) is 3.47. The van der Waals surface area contributed by atoms with Crippen molar-refractivity contribution in [3.05, 3.63) is 42.1 Å². The van der Waals surface area contributed by atoms with E-state index in [1.165, 1.54) is 12.1 Å². The number of pyridine rings is 1. The first-order valence-corrected chi connectivity index (χ1v) is 12.1. The van der Waals surface area contributed by atoms with Gasteiger partial charge in [0.2, 0.25) is 10.0 Å². The Labute approximate surface area is 191 Å². The van der Waals surface area contributed by atoms with E-state index in [-0.39, 0.29) is 10.9 Å². The van der Waals surface area contributed by atoms with E-state index in [4.69, 9.17) is 4.74 Å². The SMILES string of the molecule is COc1ccc2c(C#N)c(-c3ccc(S(=O)(=O)NC(CF)CF)cn3)n(C3CCCC3)c2c1. The maximum atomic E-state index is 12.8. The zero-order valence-corrected chi connectivity index (χ0v) is 18.9. The monoisotopic (exact) mass is 474 g/mol. The van der Waals surface area contributed by atoms with Crippen molar-refractivity contribution in [1.82, 2.24) is 14.3 Å². The quantitative estimate of drug-likeness (QED) is 0.526. The lowest BCUT2D eigenvalue weighted by atomic mass is 10.1. The Hall–Kier alpha value is -3.03. The first kappa shape index (κ1) is 23.1. The number of hydrogen-bond acceptors (Lipinski definition) is 5. The summed E-state index contributed by atoms with van der Waals surface area (Å²) in [5.74, 6) is 0.672. The summed E-state index contributed by atoms with van der Waals surface area (Å²) in [4.78, 5) is 4.14. The highest BCUT2D eigenvalue weighted by Gasteiger charge is 2.28. The van der Waals surface area contributed by atoms with Crippen LogP contribution in [-0.4, -0.2) is 44.5 Å².